The first-order chi connectivity index (χ1) is 11.7. The van der Waals surface area contributed by atoms with Gasteiger partial charge in [-0.25, -0.2) is 9.97 Å². The van der Waals surface area contributed by atoms with Gasteiger partial charge in [-0.3, -0.25) is 14.9 Å². The Labute approximate surface area is 146 Å². The Bertz CT molecular complexity index is 636. The lowest BCUT2D eigenvalue weighted by Crippen LogP contribution is -2.38. The summed E-state index contributed by atoms with van der Waals surface area (Å²) >= 11 is 0. The van der Waals surface area contributed by atoms with Crippen molar-refractivity contribution in [3.05, 3.63) is 16.4 Å². The molecule has 9 nitrogen and oxygen atoms in total. The van der Waals surface area contributed by atoms with E-state index in [1.165, 1.54) is 6.33 Å². The van der Waals surface area contributed by atoms with Crippen LogP contribution < -0.4 is 10.2 Å². The van der Waals surface area contributed by atoms with Gasteiger partial charge in [-0.1, -0.05) is 0 Å². The van der Waals surface area contributed by atoms with Gasteiger partial charge in [0.1, 0.15) is 6.33 Å². The number of esters is 1. The van der Waals surface area contributed by atoms with Crippen molar-refractivity contribution in [2.45, 2.75) is 46.1 Å². The van der Waals surface area contributed by atoms with Gasteiger partial charge >= 0.3 is 11.7 Å². The van der Waals surface area contributed by atoms with Crippen LogP contribution in [0.3, 0.4) is 0 Å². The zero-order chi connectivity index (χ0) is 18.6. The molecule has 1 aromatic heterocycles. The molecule has 1 fully saturated rings. The van der Waals surface area contributed by atoms with E-state index >= 15 is 0 Å². The Morgan fingerprint density at radius 3 is 2.56 bits per heavy atom. The lowest BCUT2D eigenvalue weighted by molar-refractivity contribution is -0.383. The van der Waals surface area contributed by atoms with Crippen LogP contribution in [-0.4, -0.2) is 46.1 Å². The normalized spacial score (nSPS) is 15.8. The number of hydrogen-bond acceptors (Lipinski definition) is 8. The predicted octanol–water partition coefficient (Wildman–Crippen LogP) is 2.37. The number of carbonyl (C=O) groups is 1. The molecule has 0 aliphatic carbocycles. The van der Waals surface area contributed by atoms with Crippen molar-refractivity contribution >= 4 is 23.3 Å². The first-order valence-corrected chi connectivity index (χ1v) is 8.42. The maximum absolute atomic E-state index is 11.8. The van der Waals surface area contributed by atoms with Crippen LogP contribution in [0.25, 0.3) is 0 Å². The molecule has 25 heavy (non-hydrogen) atoms. The van der Waals surface area contributed by atoms with Crippen LogP contribution in [0.4, 0.5) is 17.3 Å². The van der Waals surface area contributed by atoms with Gasteiger partial charge < -0.3 is 15.0 Å². The number of ether oxygens (including phenoxy) is 1. The molecule has 0 unspecified atom stereocenters. The first-order valence-electron chi connectivity index (χ1n) is 8.42. The molecule has 0 atom stereocenters. The SMILES string of the molecule is CCOC(=O)C1CCN(c2ncnc(NC(C)(C)C)c2[N+](=O)[O-])CC1. The molecule has 2 rings (SSSR count). The van der Waals surface area contributed by atoms with E-state index in [-0.39, 0.29) is 34.7 Å². The maximum Gasteiger partial charge on any atom is 0.353 e. The molecule has 0 saturated carbocycles. The van der Waals surface area contributed by atoms with Gasteiger partial charge in [-0.05, 0) is 40.5 Å². The van der Waals surface area contributed by atoms with Gasteiger partial charge in [-0.15, -0.1) is 0 Å². The number of piperidine rings is 1. The highest BCUT2D eigenvalue weighted by molar-refractivity contribution is 5.74. The average Bonchev–Trinajstić information content (AvgIpc) is 2.53. The number of carbonyl (C=O) groups excluding carboxylic acids is 1. The number of nitrogens with one attached hydrogen (secondary N) is 1. The molecule has 0 radical (unpaired) electrons. The van der Waals surface area contributed by atoms with Crippen molar-refractivity contribution in [2.24, 2.45) is 5.92 Å². The molecule has 1 aromatic rings. The van der Waals surface area contributed by atoms with E-state index < -0.39 is 4.92 Å². The van der Waals surface area contributed by atoms with E-state index in [2.05, 4.69) is 15.3 Å². The number of rotatable bonds is 5. The van der Waals surface area contributed by atoms with Crippen LogP contribution in [0, 0.1) is 16.0 Å². The summed E-state index contributed by atoms with van der Waals surface area (Å²) in [5.41, 5.74) is -0.500. The smallest absolute Gasteiger partial charge is 0.353 e. The van der Waals surface area contributed by atoms with Crippen LogP contribution in [-0.2, 0) is 9.53 Å². The minimum Gasteiger partial charge on any atom is -0.466 e. The topological polar surface area (TPSA) is 110 Å². The molecule has 1 aliphatic rings. The summed E-state index contributed by atoms with van der Waals surface area (Å²) in [5.74, 6) is 0.128. The van der Waals surface area contributed by atoms with Gasteiger partial charge in [0.05, 0.1) is 17.4 Å². The van der Waals surface area contributed by atoms with Gasteiger partial charge in [0.2, 0.25) is 11.6 Å². The summed E-state index contributed by atoms with van der Waals surface area (Å²) in [5, 5.41) is 14.7. The fraction of sp³-hybridized carbons (Fsp3) is 0.688. The second kappa shape index (κ2) is 7.62. The fourth-order valence-electron chi connectivity index (χ4n) is 2.80. The quantitative estimate of drug-likeness (QED) is 0.489. The van der Waals surface area contributed by atoms with Crippen molar-refractivity contribution in [1.29, 1.82) is 0 Å². The summed E-state index contributed by atoms with van der Waals surface area (Å²) in [6, 6.07) is 0. The minimum atomic E-state index is -0.457. The van der Waals surface area contributed by atoms with Crippen LogP contribution >= 0.6 is 0 Å². The van der Waals surface area contributed by atoms with E-state index in [0.29, 0.717) is 32.5 Å². The lowest BCUT2D eigenvalue weighted by Gasteiger charge is -2.31. The van der Waals surface area contributed by atoms with Crippen molar-refractivity contribution < 1.29 is 14.5 Å². The largest absolute Gasteiger partial charge is 0.466 e. The summed E-state index contributed by atoms with van der Waals surface area (Å²) in [6.07, 6.45) is 2.50. The molecule has 0 bridgehead atoms. The second-order valence-electron chi connectivity index (χ2n) is 7.04. The Balaban J connectivity index is 2.21. The van der Waals surface area contributed by atoms with E-state index in [0.717, 1.165) is 0 Å². The van der Waals surface area contributed by atoms with Crippen molar-refractivity contribution in [2.75, 3.05) is 29.9 Å². The summed E-state index contributed by atoms with van der Waals surface area (Å²) < 4.78 is 5.06. The number of hydrogen-bond donors (Lipinski definition) is 1. The van der Waals surface area contributed by atoms with Crippen LogP contribution in [0.15, 0.2) is 6.33 Å². The maximum atomic E-state index is 11.8. The monoisotopic (exact) mass is 351 g/mol. The molecular weight excluding hydrogens is 326 g/mol. The molecule has 2 heterocycles. The third kappa shape index (κ3) is 4.77. The fourth-order valence-corrected chi connectivity index (χ4v) is 2.80. The Hall–Kier alpha value is -2.45. The molecule has 1 aliphatic heterocycles. The standard InChI is InChI=1S/C16H25N5O4/c1-5-25-15(22)11-6-8-20(9-7-11)14-12(21(23)24)13(17-10-18-14)19-16(2,3)4/h10-11H,5-9H2,1-4H3,(H,17,18,19). The summed E-state index contributed by atoms with van der Waals surface area (Å²) in [4.78, 5) is 33.0. The van der Waals surface area contributed by atoms with Crippen LogP contribution in [0.5, 0.6) is 0 Å². The third-order valence-electron chi connectivity index (χ3n) is 3.89. The zero-order valence-electron chi connectivity index (χ0n) is 15.1. The van der Waals surface area contributed by atoms with Gasteiger partial charge in [0.25, 0.3) is 0 Å². The molecule has 9 heteroatoms. The average molecular weight is 351 g/mol. The van der Waals surface area contributed by atoms with Crippen LogP contribution in [0.2, 0.25) is 0 Å². The highest BCUT2D eigenvalue weighted by Crippen LogP contribution is 2.35. The first kappa shape index (κ1) is 18.9. The van der Waals surface area contributed by atoms with E-state index in [1.807, 2.05) is 25.7 Å². The van der Waals surface area contributed by atoms with Gasteiger partial charge in [0, 0.05) is 18.6 Å². The van der Waals surface area contributed by atoms with E-state index in [1.54, 1.807) is 6.92 Å². The molecule has 138 valence electrons. The molecule has 1 N–H and O–H groups in total. The Kier molecular flexibility index (Phi) is 5.76. The molecule has 1 saturated heterocycles. The number of aromatic nitrogens is 2. The summed E-state index contributed by atoms with van der Waals surface area (Å²) in [6.45, 7) is 8.88. The lowest BCUT2D eigenvalue weighted by atomic mass is 9.97. The van der Waals surface area contributed by atoms with Gasteiger partial charge in [0.15, 0.2) is 0 Å². The highest BCUT2D eigenvalue weighted by Gasteiger charge is 2.33. The van der Waals surface area contributed by atoms with Crippen LogP contribution in [0.1, 0.15) is 40.5 Å². The molecule has 0 amide bonds. The van der Waals surface area contributed by atoms with Crippen molar-refractivity contribution in [1.82, 2.24) is 9.97 Å². The van der Waals surface area contributed by atoms with Crippen molar-refractivity contribution in [3.8, 4) is 0 Å². The summed E-state index contributed by atoms with van der Waals surface area (Å²) in [7, 11) is 0. The van der Waals surface area contributed by atoms with Crippen molar-refractivity contribution in [3.63, 3.8) is 0 Å². The predicted molar refractivity (Wildman–Crippen MR) is 93.6 cm³/mol. The minimum absolute atomic E-state index is 0.132. The molecular formula is C16H25N5O4. The third-order valence-corrected chi connectivity index (χ3v) is 3.89. The Morgan fingerprint density at radius 1 is 1.40 bits per heavy atom. The Morgan fingerprint density at radius 2 is 2.04 bits per heavy atom. The van der Waals surface area contributed by atoms with E-state index in [4.69, 9.17) is 4.74 Å². The number of nitrogens with zero attached hydrogens (tertiary/aromatic N) is 4. The molecule has 0 aromatic carbocycles. The molecule has 0 spiro atoms. The number of anilines is 2. The highest BCUT2D eigenvalue weighted by atomic mass is 16.6. The van der Waals surface area contributed by atoms with Gasteiger partial charge in [-0.2, -0.15) is 0 Å². The van der Waals surface area contributed by atoms with E-state index in [9.17, 15) is 14.9 Å². The second-order valence-corrected chi connectivity index (χ2v) is 7.04. The zero-order valence-corrected chi connectivity index (χ0v) is 15.1. The number of nitro groups is 1.